The van der Waals surface area contributed by atoms with E-state index in [1.54, 1.807) is 0 Å². The third-order valence-electron chi connectivity index (χ3n) is 6.93. The van der Waals surface area contributed by atoms with Crippen molar-refractivity contribution in [1.82, 2.24) is 4.57 Å². The highest BCUT2D eigenvalue weighted by Crippen LogP contribution is 2.46. The maximum atomic E-state index is 6.25. The molecule has 2 heterocycles. The molecule has 0 aliphatic carbocycles. The standard InChI is InChI=1S/C30H17NO/c1-2-8-18(9-3-1)31-23-13-5-4-10-21(23)28-24(31)17-16-20-19-11-6-14-25-29(19)30-22(27(20)28)12-7-15-26(30)32-25/h1-17H. The van der Waals surface area contributed by atoms with Crippen LogP contribution in [0.4, 0.5) is 0 Å². The number of nitrogens with zero attached hydrogens (tertiary/aromatic N) is 1. The maximum absolute atomic E-state index is 6.25. The summed E-state index contributed by atoms with van der Waals surface area (Å²) < 4.78 is 8.64. The third-order valence-corrected chi connectivity index (χ3v) is 6.93. The summed E-state index contributed by atoms with van der Waals surface area (Å²) in [7, 11) is 0. The molecular formula is C30H17NO. The van der Waals surface area contributed by atoms with Gasteiger partial charge in [0.1, 0.15) is 11.2 Å². The molecule has 2 nitrogen and oxygen atoms in total. The Kier molecular flexibility index (Phi) is 2.91. The highest BCUT2D eigenvalue weighted by molar-refractivity contribution is 6.39. The highest BCUT2D eigenvalue weighted by atomic mass is 16.3. The largest absolute Gasteiger partial charge is 0.456 e. The van der Waals surface area contributed by atoms with Gasteiger partial charge >= 0.3 is 0 Å². The average Bonchev–Trinajstić information content (AvgIpc) is 3.40. The Morgan fingerprint density at radius 2 is 1.06 bits per heavy atom. The van der Waals surface area contributed by atoms with E-state index in [1.165, 1.54) is 59.8 Å². The third kappa shape index (κ3) is 1.86. The molecule has 0 fully saturated rings. The number of aromatic nitrogens is 1. The van der Waals surface area contributed by atoms with Crippen LogP contribution in [-0.2, 0) is 0 Å². The fourth-order valence-corrected chi connectivity index (χ4v) is 5.72. The van der Waals surface area contributed by atoms with Gasteiger partial charge in [-0.25, -0.2) is 0 Å². The van der Waals surface area contributed by atoms with Crippen molar-refractivity contribution >= 4 is 65.3 Å². The van der Waals surface area contributed by atoms with E-state index in [0.29, 0.717) is 0 Å². The summed E-state index contributed by atoms with van der Waals surface area (Å²) in [5.41, 5.74) is 5.55. The summed E-state index contributed by atoms with van der Waals surface area (Å²) >= 11 is 0. The second kappa shape index (κ2) is 5.68. The molecule has 0 unspecified atom stereocenters. The van der Waals surface area contributed by atoms with E-state index in [0.717, 1.165) is 11.2 Å². The van der Waals surface area contributed by atoms with E-state index in [2.05, 4.69) is 108 Å². The maximum Gasteiger partial charge on any atom is 0.136 e. The number of fused-ring (bicyclic) bond motifs is 7. The van der Waals surface area contributed by atoms with Crippen molar-refractivity contribution in [1.29, 1.82) is 0 Å². The van der Waals surface area contributed by atoms with Crippen LogP contribution in [0.3, 0.4) is 0 Å². The lowest BCUT2D eigenvalue weighted by atomic mass is 9.92. The van der Waals surface area contributed by atoms with Crippen LogP contribution in [0.2, 0.25) is 0 Å². The van der Waals surface area contributed by atoms with Gasteiger partial charge in [0.2, 0.25) is 0 Å². The molecule has 0 atom stereocenters. The van der Waals surface area contributed by atoms with Gasteiger partial charge in [0.05, 0.1) is 11.0 Å². The van der Waals surface area contributed by atoms with Gasteiger partial charge < -0.3 is 8.98 Å². The Labute approximate surface area is 183 Å². The summed E-state index contributed by atoms with van der Waals surface area (Å²) in [5.74, 6) is 0. The zero-order valence-electron chi connectivity index (χ0n) is 17.2. The molecule has 32 heavy (non-hydrogen) atoms. The average molecular weight is 407 g/mol. The Bertz CT molecular complexity index is 1970. The zero-order chi connectivity index (χ0) is 20.8. The molecule has 0 bridgehead atoms. The minimum Gasteiger partial charge on any atom is -0.456 e. The van der Waals surface area contributed by atoms with Crippen LogP contribution in [0, 0.1) is 0 Å². The van der Waals surface area contributed by atoms with E-state index in [9.17, 15) is 0 Å². The molecule has 8 rings (SSSR count). The van der Waals surface area contributed by atoms with Crippen LogP contribution < -0.4 is 0 Å². The predicted molar refractivity (Wildman–Crippen MR) is 134 cm³/mol. The number of para-hydroxylation sites is 2. The Hall–Kier alpha value is -4.30. The van der Waals surface area contributed by atoms with Gasteiger partial charge in [-0.2, -0.15) is 0 Å². The zero-order valence-corrected chi connectivity index (χ0v) is 17.2. The monoisotopic (exact) mass is 407 g/mol. The van der Waals surface area contributed by atoms with Crippen molar-refractivity contribution in [3.05, 3.63) is 103 Å². The normalized spacial score (nSPS) is 12.4. The summed E-state index contributed by atoms with van der Waals surface area (Å²) in [6.07, 6.45) is 0. The van der Waals surface area contributed by atoms with Gasteiger partial charge in [0.15, 0.2) is 0 Å². The smallest absolute Gasteiger partial charge is 0.136 e. The van der Waals surface area contributed by atoms with Crippen molar-refractivity contribution in [3.63, 3.8) is 0 Å². The van der Waals surface area contributed by atoms with Crippen LogP contribution in [-0.4, -0.2) is 4.57 Å². The molecule has 0 spiro atoms. The molecule has 2 heteroatoms. The first-order valence-corrected chi connectivity index (χ1v) is 11.0. The van der Waals surface area contributed by atoms with Gasteiger partial charge in [0, 0.05) is 32.6 Å². The molecule has 2 aromatic heterocycles. The number of hydrogen-bond acceptors (Lipinski definition) is 1. The lowest BCUT2D eigenvalue weighted by Gasteiger charge is -2.11. The quantitative estimate of drug-likeness (QED) is 0.250. The number of hydrogen-bond donors (Lipinski definition) is 0. The summed E-state index contributed by atoms with van der Waals surface area (Å²) in [6, 6.07) is 36.8. The molecule has 0 aliphatic rings. The first-order chi connectivity index (χ1) is 15.9. The molecule has 8 aromatic rings. The number of furan rings is 1. The van der Waals surface area contributed by atoms with Gasteiger partial charge in [-0.1, -0.05) is 66.7 Å². The van der Waals surface area contributed by atoms with Crippen molar-refractivity contribution < 1.29 is 4.42 Å². The highest BCUT2D eigenvalue weighted by Gasteiger charge is 2.21. The molecular weight excluding hydrogens is 390 g/mol. The fourth-order valence-electron chi connectivity index (χ4n) is 5.72. The first-order valence-electron chi connectivity index (χ1n) is 11.0. The Morgan fingerprint density at radius 1 is 0.406 bits per heavy atom. The molecule has 0 saturated heterocycles. The van der Waals surface area contributed by atoms with Gasteiger partial charge in [-0.3, -0.25) is 0 Å². The van der Waals surface area contributed by atoms with Gasteiger partial charge in [0.25, 0.3) is 0 Å². The molecule has 6 aromatic carbocycles. The SMILES string of the molecule is c1ccc(-n2c3ccccc3c3c4c(ccc32)c2cccc3oc5cccc4c5c32)cc1. The second-order valence-corrected chi connectivity index (χ2v) is 8.53. The van der Waals surface area contributed by atoms with Crippen LogP contribution >= 0.6 is 0 Å². The van der Waals surface area contributed by atoms with Crippen LogP contribution in [0.15, 0.2) is 108 Å². The van der Waals surface area contributed by atoms with Gasteiger partial charge in [-0.15, -0.1) is 0 Å². The molecule has 0 radical (unpaired) electrons. The summed E-state index contributed by atoms with van der Waals surface area (Å²) in [6.45, 7) is 0. The van der Waals surface area contributed by atoms with Crippen LogP contribution in [0.25, 0.3) is 71.0 Å². The van der Waals surface area contributed by atoms with Crippen molar-refractivity contribution in [2.75, 3.05) is 0 Å². The Balaban J connectivity index is 1.73. The fraction of sp³-hybridized carbons (Fsp3) is 0. The molecule has 148 valence electrons. The lowest BCUT2D eigenvalue weighted by Crippen LogP contribution is -1.93. The van der Waals surface area contributed by atoms with Crippen molar-refractivity contribution in [2.24, 2.45) is 0 Å². The van der Waals surface area contributed by atoms with Crippen LogP contribution in [0.1, 0.15) is 0 Å². The summed E-state index contributed by atoms with van der Waals surface area (Å²) in [4.78, 5) is 0. The van der Waals surface area contributed by atoms with Crippen molar-refractivity contribution in [3.8, 4) is 5.69 Å². The van der Waals surface area contributed by atoms with E-state index < -0.39 is 0 Å². The first kappa shape index (κ1) is 16.4. The minimum absolute atomic E-state index is 0.958. The minimum atomic E-state index is 0.958. The van der Waals surface area contributed by atoms with Crippen LogP contribution in [0.5, 0.6) is 0 Å². The lowest BCUT2D eigenvalue weighted by molar-refractivity contribution is 0.669. The molecule has 0 saturated carbocycles. The molecule has 0 N–H and O–H groups in total. The second-order valence-electron chi connectivity index (χ2n) is 8.53. The Morgan fingerprint density at radius 3 is 1.91 bits per heavy atom. The van der Waals surface area contributed by atoms with Gasteiger partial charge in [-0.05, 0) is 52.6 Å². The molecule has 0 amide bonds. The van der Waals surface area contributed by atoms with E-state index >= 15 is 0 Å². The van der Waals surface area contributed by atoms with E-state index in [1.807, 2.05) is 0 Å². The summed E-state index contributed by atoms with van der Waals surface area (Å²) in [5, 5.41) is 10.1. The molecule has 0 aliphatic heterocycles. The number of rotatable bonds is 1. The number of benzene rings is 6. The van der Waals surface area contributed by atoms with Crippen molar-refractivity contribution in [2.45, 2.75) is 0 Å². The topological polar surface area (TPSA) is 18.1 Å². The van der Waals surface area contributed by atoms with E-state index in [4.69, 9.17) is 4.42 Å². The predicted octanol–water partition coefficient (Wildman–Crippen LogP) is 8.43. The van der Waals surface area contributed by atoms with E-state index in [-0.39, 0.29) is 0 Å².